The average Bonchev–Trinajstić information content (AvgIpc) is 3.77. The van der Waals surface area contributed by atoms with Crippen LogP contribution in [0.1, 0.15) is 114 Å². The van der Waals surface area contributed by atoms with E-state index in [0.29, 0.717) is 24.3 Å². The number of hydrogen-bond acceptors (Lipinski definition) is 2. The number of alkyl halides is 1. The van der Waals surface area contributed by atoms with Gasteiger partial charge in [-0.25, -0.2) is 13.8 Å². The van der Waals surface area contributed by atoms with Gasteiger partial charge in [0.25, 0.3) is 5.95 Å². The summed E-state index contributed by atoms with van der Waals surface area (Å²) in [6.45, 7) is 2.25. The summed E-state index contributed by atoms with van der Waals surface area (Å²) in [5.74, 6) is -1.18. The summed E-state index contributed by atoms with van der Waals surface area (Å²) in [5.41, 5.74) is 1.38. The summed E-state index contributed by atoms with van der Waals surface area (Å²) >= 11 is 6.22. The van der Waals surface area contributed by atoms with Crippen molar-refractivity contribution in [3.8, 4) is 17.0 Å². The van der Waals surface area contributed by atoms with E-state index in [2.05, 4.69) is 11.9 Å². The number of rotatable bonds is 17. The van der Waals surface area contributed by atoms with Gasteiger partial charge < -0.3 is 4.74 Å². The van der Waals surface area contributed by atoms with Crippen LogP contribution in [0.2, 0.25) is 0 Å². The SMILES string of the molecule is CCCCC(Cl)COc1ccc(-c2cc3c(c(F)c2F)CC(CCCCCCCCCC2CC2)CC3)nc1F. The van der Waals surface area contributed by atoms with E-state index in [4.69, 9.17) is 16.3 Å². The molecule has 4 rings (SSSR count). The Kier molecular flexibility index (Phi) is 11.9. The molecule has 0 aliphatic heterocycles. The van der Waals surface area contributed by atoms with Crippen LogP contribution < -0.4 is 4.74 Å². The Balaban J connectivity index is 1.26. The highest BCUT2D eigenvalue weighted by atomic mass is 35.5. The third-order valence-electron chi connectivity index (χ3n) is 8.52. The molecule has 1 fully saturated rings. The number of hydrogen-bond donors (Lipinski definition) is 0. The summed E-state index contributed by atoms with van der Waals surface area (Å²) in [6, 6.07) is 4.56. The minimum absolute atomic E-state index is 0.00504. The zero-order valence-electron chi connectivity index (χ0n) is 23.6. The van der Waals surface area contributed by atoms with Gasteiger partial charge in [-0.15, -0.1) is 11.6 Å². The maximum absolute atomic E-state index is 15.2. The Labute approximate surface area is 238 Å². The molecule has 39 heavy (non-hydrogen) atoms. The fraction of sp³-hybridized carbons (Fsp3) is 0.667. The maximum atomic E-state index is 15.2. The van der Waals surface area contributed by atoms with Gasteiger partial charge >= 0.3 is 0 Å². The highest BCUT2D eigenvalue weighted by Gasteiger charge is 2.26. The second-order valence-electron chi connectivity index (χ2n) is 11.8. The van der Waals surface area contributed by atoms with Gasteiger partial charge in [0, 0.05) is 5.56 Å². The Morgan fingerprint density at radius 1 is 0.897 bits per heavy atom. The summed E-state index contributed by atoms with van der Waals surface area (Å²) < 4.78 is 50.5. The largest absolute Gasteiger partial charge is 0.487 e. The van der Waals surface area contributed by atoms with Gasteiger partial charge in [0.05, 0.1) is 11.1 Å². The molecule has 2 aromatic rings. The van der Waals surface area contributed by atoms with E-state index in [9.17, 15) is 4.39 Å². The minimum atomic E-state index is -0.947. The average molecular weight is 564 g/mol. The Bertz CT molecular complexity index is 1060. The van der Waals surface area contributed by atoms with Crippen LogP contribution in [0.3, 0.4) is 0 Å². The summed E-state index contributed by atoms with van der Waals surface area (Å²) in [5, 5.41) is -0.216. The van der Waals surface area contributed by atoms with Crippen molar-refractivity contribution in [3.63, 3.8) is 0 Å². The van der Waals surface area contributed by atoms with E-state index >= 15 is 8.78 Å². The summed E-state index contributed by atoms with van der Waals surface area (Å²) in [7, 11) is 0. The molecule has 0 saturated heterocycles. The van der Waals surface area contributed by atoms with E-state index in [-0.39, 0.29) is 29.0 Å². The number of halogens is 4. The van der Waals surface area contributed by atoms with Gasteiger partial charge in [0.1, 0.15) is 6.61 Å². The molecule has 2 aliphatic rings. The van der Waals surface area contributed by atoms with E-state index < -0.39 is 17.6 Å². The van der Waals surface area contributed by atoms with Crippen LogP contribution in [-0.2, 0) is 12.8 Å². The number of fused-ring (bicyclic) bond motifs is 1. The van der Waals surface area contributed by atoms with Crippen LogP contribution in [0.4, 0.5) is 13.2 Å². The number of nitrogens with zero attached hydrogens (tertiary/aromatic N) is 1. The normalized spacial score (nSPS) is 17.7. The lowest BCUT2D eigenvalue weighted by Crippen LogP contribution is -2.17. The number of ether oxygens (including phenoxy) is 1. The van der Waals surface area contributed by atoms with Gasteiger partial charge in [-0.1, -0.05) is 90.4 Å². The van der Waals surface area contributed by atoms with Gasteiger partial charge in [-0.2, -0.15) is 4.39 Å². The predicted octanol–water partition coefficient (Wildman–Crippen LogP) is 10.4. The number of benzene rings is 1. The number of unbranched alkanes of at least 4 members (excludes halogenated alkanes) is 7. The maximum Gasteiger partial charge on any atom is 0.255 e. The first-order valence-electron chi connectivity index (χ1n) is 15.4. The second kappa shape index (κ2) is 15.3. The van der Waals surface area contributed by atoms with Crippen molar-refractivity contribution < 1.29 is 17.9 Å². The number of pyridine rings is 1. The minimum Gasteiger partial charge on any atom is -0.487 e. The van der Waals surface area contributed by atoms with E-state index in [1.807, 2.05) is 0 Å². The third-order valence-corrected chi connectivity index (χ3v) is 8.86. The zero-order chi connectivity index (χ0) is 27.6. The van der Waals surface area contributed by atoms with E-state index in [1.165, 1.54) is 69.9 Å². The lowest BCUT2D eigenvalue weighted by molar-refractivity contribution is 0.289. The van der Waals surface area contributed by atoms with Gasteiger partial charge in [-0.3, -0.25) is 0 Å². The van der Waals surface area contributed by atoms with E-state index in [0.717, 1.165) is 50.0 Å². The Morgan fingerprint density at radius 2 is 1.59 bits per heavy atom. The predicted molar refractivity (Wildman–Crippen MR) is 154 cm³/mol. The molecule has 1 saturated carbocycles. The van der Waals surface area contributed by atoms with Gasteiger partial charge in [0.2, 0.25) is 0 Å². The molecule has 0 bridgehead atoms. The van der Waals surface area contributed by atoms with Crippen molar-refractivity contribution in [1.82, 2.24) is 4.98 Å². The van der Waals surface area contributed by atoms with Crippen LogP contribution in [0, 0.1) is 29.4 Å². The molecule has 2 atom stereocenters. The first-order chi connectivity index (χ1) is 19.0. The lowest BCUT2D eigenvalue weighted by atomic mass is 9.80. The van der Waals surface area contributed by atoms with Crippen LogP contribution in [0.15, 0.2) is 18.2 Å². The molecule has 1 aromatic carbocycles. The lowest BCUT2D eigenvalue weighted by Gasteiger charge is -2.26. The molecule has 0 N–H and O–H groups in total. The second-order valence-corrected chi connectivity index (χ2v) is 12.4. The van der Waals surface area contributed by atoms with Crippen LogP contribution in [-0.4, -0.2) is 17.0 Å². The Hall–Kier alpha value is -1.75. The molecule has 2 nitrogen and oxygen atoms in total. The first-order valence-corrected chi connectivity index (χ1v) is 15.8. The van der Waals surface area contributed by atoms with Crippen LogP contribution >= 0.6 is 11.6 Å². The molecule has 2 unspecified atom stereocenters. The third kappa shape index (κ3) is 9.13. The molecular formula is C33H45ClF3NO. The van der Waals surface area contributed by atoms with Crippen LogP contribution in [0.5, 0.6) is 5.75 Å². The zero-order valence-corrected chi connectivity index (χ0v) is 24.3. The van der Waals surface area contributed by atoms with Crippen LogP contribution in [0.25, 0.3) is 11.3 Å². The standard InChI is InChI=1S/C33H45ClF3NO/c1-2-3-13-26(34)22-39-30-19-18-29(38-33(30)37)28-21-25-17-16-24(20-27(25)31(35)32(28)36)12-10-8-6-4-5-7-9-11-23-14-15-23/h18-19,21,23-24,26H,2-17,20,22H2,1H3. The Morgan fingerprint density at radius 3 is 2.26 bits per heavy atom. The summed E-state index contributed by atoms with van der Waals surface area (Å²) in [6.07, 6.45) is 19.6. The van der Waals surface area contributed by atoms with Crippen molar-refractivity contribution in [3.05, 3.63) is 46.9 Å². The van der Waals surface area contributed by atoms with Crippen molar-refractivity contribution in [2.75, 3.05) is 6.61 Å². The molecule has 1 aromatic heterocycles. The fourth-order valence-corrected chi connectivity index (χ4v) is 6.09. The molecule has 216 valence electrons. The molecule has 2 aliphatic carbocycles. The van der Waals surface area contributed by atoms with Gasteiger partial charge in [-0.05, 0) is 66.8 Å². The molecule has 1 heterocycles. The highest BCUT2D eigenvalue weighted by molar-refractivity contribution is 6.20. The first kappa shape index (κ1) is 30.2. The molecule has 6 heteroatoms. The summed E-state index contributed by atoms with van der Waals surface area (Å²) in [4.78, 5) is 3.90. The van der Waals surface area contributed by atoms with E-state index in [1.54, 1.807) is 6.07 Å². The molecule has 0 spiro atoms. The molecule has 0 amide bonds. The van der Waals surface area contributed by atoms with Crippen molar-refractivity contribution in [1.29, 1.82) is 0 Å². The fourth-order valence-electron chi connectivity index (χ4n) is 5.87. The van der Waals surface area contributed by atoms with Gasteiger partial charge in [0.15, 0.2) is 17.4 Å². The molecule has 0 radical (unpaired) electrons. The molecular weight excluding hydrogens is 519 g/mol. The van der Waals surface area contributed by atoms with Crippen molar-refractivity contribution >= 4 is 11.6 Å². The highest BCUT2D eigenvalue weighted by Crippen LogP contribution is 2.37. The van der Waals surface area contributed by atoms with Crippen molar-refractivity contribution in [2.24, 2.45) is 11.8 Å². The monoisotopic (exact) mass is 563 g/mol. The smallest absolute Gasteiger partial charge is 0.255 e. The van der Waals surface area contributed by atoms with Crippen molar-refractivity contribution in [2.45, 2.75) is 121 Å². The quantitative estimate of drug-likeness (QED) is 0.108. The number of aromatic nitrogens is 1. The number of aryl methyl sites for hydroxylation is 1. The topological polar surface area (TPSA) is 22.1 Å².